The van der Waals surface area contributed by atoms with Crippen molar-refractivity contribution in [3.05, 3.63) is 12.7 Å². The molecule has 32 heavy (non-hydrogen) atoms. The molecule has 3 rings (SSSR count). The molecule has 6 amide bonds. The summed E-state index contributed by atoms with van der Waals surface area (Å²) in [6.45, 7) is 2.88. The lowest BCUT2D eigenvalue weighted by atomic mass is 10.3. The number of anilines is 6. The minimum atomic E-state index is -1.14. The van der Waals surface area contributed by atoms with E-state index in [9.17, 15) is 19.2 Å². The number of nitrogens with one attached hydrogen (secondary N) is 2. The molecule has 0 unspecified atom stereocenters. The minimum absolute atomic E-state index is 0.0800. The summed E-state index contributed by atoms with van der Waals surface area (Å²) in [7, 11) is 0. The number of aromatic nitrogens is 4. The Hall–Kier alpha value is -4.76. The zero-order valence-electron chi connectivity index (χ0n) is 16.9. The monoisotopic (exact) mass is 446 g/mol. The molecule has 2 aromatic heterocycles. The first-order chi connectivity index (χ1) is 15.3. The lowest BCUT2D eigenvalue weighted by Gasteiger charge is -2.27. The van der Waals surface area contributed by atoms with Gasteiger partial charge in [-0.3, -0.25) is 0 Å². The number of nitrogen functional groups attached to an aromatic ring is 2. The van der Waals surface area contributed by atoms with Gasteiger partial charge in [0.2, 0.25) is 0 Å². The highest BCUT2D eigenvalue weighted by atomic mass is 16.6. The van der Waals surface area contributed by atoms with Crippen LogP contribution in [0.3, 0.4) is 0 Å². The summed E-state index contributed by atoms with van der Waals surface area (Å²) < 4.78 is 9.84. The average Bonchev–Trinajstić information content (AvgIpc) is 2.73. The third-order valence-corrected chi connectivity index (χ3v) is 3.91. The Morgan fingerprint density at radius 3 is 1.53 bits per heavy atom. The van der Waals surface area contributed by atoms with Crippen molar-refractivity contribution in [2.24, 2.45) is 0 Å². The number of hydrogen-bond acceptors (Lipinski definition) is 12. The molecule has 0 saturated carbocycles. The molecule has 0 atom stereocenters. The number of imide groups is 2. The van der Waals surface area contributed by atoms with Crippen LogP contribution < -0.4 is 31.9 Å². The van der Waals surface area contributed by atoms with Crippen LogP contribution in [-0.2, 0) is 9.47 Å². The summed E-state index contributed by atoms with van der Waals surface area (Å²) in [6, 6.07) is -2.24. The van der Waals surface area contributed by atoms with Crippen molar-refractivity contribution < 1.29 is 28.7 Å². The Balaban J connectivity index is 2.26. The number of hydrogen-bond donors (Lipinski definition) is 4. The Kier molecular flexibility index (Phi) is 6.13. The lowest BCUT2D eigenvalue weighted by Crippen LogP contribution is -2.46. The Bertz CT molecular complexity index is 1010. The van der Waals surface area contributed by atoms with Crippen molar-refractivity contribution in [1.29, 1.82) is 0 Å². The van der Waals surface area contributed by atoms with Crippen LogP contribution >= 0.6 is 0 Å². The first-order valence-corrected chi connectivity index (χ1v) is 9.06. The second-order valence-corrected chi connectivity index (χ2v) is 5.84. The molecule has 0 radical (unpaired) electrons. The Morgan fingerprint density at radius 1 is 0.812 bits per heavy atom. The number of nitrogens with zero attached hydrogens (tertiary/aromatic N) is 6. The van der Waals surface area contributed by atoms with E-state index in [1.165, 1.54) is 13.8 Å². The van der Waals surface area contributed by atoms with Gasteiger partial charge in [0, 0.05) is 0 Å². The van der Waals surface area contributed by atoms with E-state index in [1.807, 2.05) is 0 Å². The lowest BCUT2D eigenvalue weighted by molar-refractivity contribution is 0.159. The van der Waals surface area contributed by atoms with Gasteiger partial charge in [-0.05, 0) is 13.8 Å². The first-order valence-electron chi connectivity index (χ1n) is 9.06. The van der Waals surface area contributed by atoms with E-state index in [0.717, 1.165) is 12.7 Å². The molecular weight excluding hydrogens is 428 g/mol. The average molecular weight is 446 g/mol. The predicted octanol–water partition coefficient (Wildman–Crippen LogP) is 1.13. The molecule has 0 aliphatic carbocycles. The summed E-state index contributed by atoms with van der Waals surface area (Å²) in [4.78, 5) is 67.4. The van der Waals surface area contributed by atoms with Crippen LogP contribution in [0.1, 0.15) is 13.8 Å². The van der Waals surface area contributed by atoms with Crippen molar-refractivity contribution in [1.82, 2.24) is 19.9 Å². The van der Waals surface area contributed by atoms with Gasteiger partial charge in [-0.2, -0.15) is 9.80 Å². The quantitative estimate of drug-likeness (QED) is 0.510. The Morgan fingerprint density at radius 2 is 1.19 bits per heavy atom. The molecule has 0 bridgehead atoms. The highest BCUT2D eigenvalue weighted by Crippen LogP contribution is 2.34. The number of amides is 6. The van der Waals surface area contributed by atoms with Crippen molar-refractivity contribution in [2.75, 3.05) is 45.1 Å². The zero-order valence-corrected chi connectivity index (χ0v) is 16.9. The molecule has 6 N–H and O–H groups in total. The molecule has 1 aliphatic heterocycles. The third-order valence-electron chi connectivity index (χ3n) is 3.91. The molecule has 168 valence electrons. The molecule has 16 heteroatoms. The second kappa shape index (κ2) is 8.94. The van der Waals surface area contributed by atoms with Gasteiger partial charge in [0.05, 0.1) is 13.2 Å². The van der Waals surface area contributed by atoms with E-state index in [-0.39, 0.29) is 36.2 Å². The smallest absolute Gasteiger partial charge is 0.424 e. The van der Waals surface area contributed by atoms with Crippen LogP contribution in [0.5, 0.6) is 0 Å². The number of carbonyl (C=O) groups is 4. The fourth-order valence-electron chi connectivity index (χ4n) is 2.59. The van der Waals surface area contributed by atoms with E-state index >= 15 is 0 Å². The maximum Gasteiger partial charge on any atom is 0.424 e. The summed E-state index contributed by atoms with van der Waals surface area (Å²) in [6.07, 6.45) is -0.364. The van der Waals surface area contributed by atoms with E-state index in [0.29, 0.717) is 9.80 Å². The highest BCUT2D eigenvalue weighted by molar-refractivity contribution is 6.24. The van der Waals surface area contributed by atoms with Crippen molar-refractivity contribution in [2.45, 2.75) is 13.8 Å². The molecule has 1 aliphatic rings. The molecule has 2 aromatic rings. The molecule has 0 aromatic carbocycles. The zero-order chi connectivity index (χ0) is 23.4. The van der Waals surface area contributed by atoms with Crippen LogP contribution in [0.15, 0.2) is 12.7 Å². The standard InChI is InChI=1S/C16H18N10O6/c1-3-31-15(29)25-11-7(9(17)19-5-21-11)24-14(28)26(16(30)32-4-2)12-8(23-13(25)27)10(18)20-6-22-12/h5-6H,3-4H2,1-2H3,(H,23,27)(H,24,28)(H2,17,19,21)(H2,18,20,22). The van der Waals surface area contributed by atoms with Gasteiger partial charge in [0.15, 0.2) is 23.3 Å². The minimum Gasteiger partial charge on any atom is -0.449 e. The molecular formula is C16H18N10O6. The third kappa shape index (κ3) is 3.95. The Labute approximate surface area is 179 Å². The summed E-state index contributed by atoms with van der Waals surface area (Å²) in [5.41, 5.74) is 11.0. The van der Waals surface area contributed by atoms with Crippen molar-refractivity contribution >= 4 is 58.9 Å². The summed E-state index contributed by atoms with van der Waals surface area (Å²) in [5, 5.41) is 4.60. The number of nitrogens with two attached hydrogens (primary N) is 2. The number of ether oxygens (including phenoxy) is 2. The van der Waals surface area contributed by atoms with Crippen LogP contribution in [0.25, 0.3) is 0 Å². The van der Waals surface area contributed by atoms with Gasteiger partial charge >= 0.3 is 24.2 Å². The number of fused-ring (bicyclic) bond motifs is 2. The molecule has 0 fully saturated rings. The molecule has 0 spiro atoms. The first kappa shape index (κ1) is 21.9. The van der Waals surface area contributed by atoms with Crippen LogP contribution in [0, 0.1) is 0 Å². The van der Waals surface area contributed by atoms with Crippen LogP contribution in [-0.4, -0.2) is 57.4 Å². The van der Waals surface area contributed by atoms with Crippen LogP contribution in [0.2, 0.25) is 0 Å². The topological polar surface area (TPSA) is 221 Å². The van der Waals surface area contributed by atoms with Gasteiger partial charge in [0.1, 0.15) is 24.0 Å². The molecule has 3 heterocycles. The summed E-state index contributed by atoms with van der Waals surface area (Å²) >= 11 is 0. The predicted molar refractivity (Wildman–Crippen MR) is 110 cm³/mol. The van der Waals surface area contributed by atoms with E-state index in [1.54, 1.807) is 0 Å². The van der Waals surface area contributed by atoms with Crippen LogP contribution in [0.4, 0.5) is 53.8 Å². The number of carbonyl (C=O) groups excluding carboxylic acids is 4. The highest BCUT2D eigenvalue weighted by Gasteiger charge is 2.37. The second-order valence-electron chi connectivity index (χ2n) is 5.84. The SMILES string of the molecule is CCOC(=O)N1C(=O)Nc2c(N)ncnc2N(C(=O)OCC)C(=O)Nc2c(N)ncnc21. The maximum atomic E-state index is 13.1. The van der Waals surface area contributed by atoms with Gasteiger partial charge in [-0.1, -0.05) is 0 Å². The van der Waals surface area contributed by atoms with Crippen molar-refractivity contribution in [3.8, 4) is 0 Å². The maximum absolute atomic E-state index is 13.1. The van der Waals surface area contributed by atoms with Gasteiger partial charge in [-0.25, -0.2) is 39.1 Å². The van der Waals surface area contributed by atoms with Gasteiger partial charge < -0.3 is 31.6 Å². The summed E-state index contributed by atoms with van der Waals surface area (Å²) in [5.74, 6) is -1.47. The van der Waals surface area contributed by atoms with E-state index < -0.39 is 35.9 Å². The number of urea groups is 2. The fourth-order valence-corrected chi connectivity index (χ4v) is 2.59. The van der Waals surface area contributed by atoms with E-state index in [2.05, 4.69) is 30.6 Å². The number of rotatable bonds is 2. The van der Waals surface area contributed by atoms with E-state index in [4.69, 9.17) is 20.9 Å². The molecule has 0 saturated heterocycles. The molecule has 16 nitrogen and oxygen atoms in total. The normalized spacial score (nSPS) is 13.3. The van der Waals surface area contributed by atoms with Crippen molar-refractivity contribution in [3.63, 3.8) is 0 Å². The fraction of sp³-hybridized carbons (Fsp3) is 0.250. The largest absolute Gasteiger partial charge is 0.449 e. The van der Waals surface area contributed by atoms with Gasteiger partial charge in [-0.15, -0.1) is 0 Å². The van der Waals surface area contributed by atoms with Gasteiger partial charge in [0.25, 0.3) is 0 Å².